The number of nitrogens with one attached hydrogen (secondary N) is 2. The molecule has 23 heavy (non-hydrogen) atoms. The summed E-state index contributed by atoms with van der Waals surface area (Å²) in [4.78, 5) is 22.3. The van der Waals surface area contributed by atoms with E-state index in [1.54, 1.807) is 0 Å². The minimum Gasteiger partial charge on any atom is -0.481 e. The first kappa shape index (κ1) is 18.2. The fourth-order valence-electron chi connectivity index (χ4n) is 2.06. The molecule has 0 unspecified atom stereocenters. The summed E-state index contributed by atoms with van der Waals surface area (Å²) in [5.74, 6) is -1.43. The van der Waals surface area contributed by atoms with Gasteiger partial charge in [-0.2, -0.15) is 5.26 Å². The zero-order chi connectivity index (χ0) is 17.2. The molecule has 0 saturated heterocycles. The number of hydrogen-bond donors (Lipinski definition) is 3. The number of para-hydroxylation sites is 1. The van der Waals surface area contributed by atoms with Gasteiger partial charge in [0.2, 0.25) is 0 Å². The van der Waals surface area contributed by atoms with Crippen LogP contribution < -0.4 is 10.6 Å². The van der Waals surface area contributed by atoms with Crippen molar-refractivity contribution in [1.82, 2.24) is 5.32 Å². The molecule has 0 aliphatic carbocycles. The number of carboxylic acids is 1. The van der Waals surface area contributed by atoms with E-state index in [4.69, 9.17) is 10.4 Å². The molecule has 0 saturated carbocycles. The lowest BCUT2D eigenvalue weighted by atomic mass is 10.1. The Morgan fingerprint density at radius 2 is 2.13 bits per heavy atom. The van der Waals surface area contributed by atoms with Crippen molar-refractivity contribution in [2.24, 2.45) is 0 Å². The number of aliphatic carboxylic acids is 1. The van der Waals surface area contributed by atoms with Crippen molar-refractivity contribution in [2.75, 3.05) is 11.9 Å². The summed E-state index contributed by atoms with van der Waals surface area (Å²) in [7, 11) is 0. The number of hydrogen-bond acceptors (Lipinski definition) is 4. The first-order valence-electron chi connectivity index (χ1n) is 7.44. The molecule has 0 aliphatic rings. The normalized spacial score (nSPS) is 10.7. The highest BCUT2D eigenvalue weighted by atomic mass is 16.4. The van der Waals surface area contributed by atoms with Gasteiger partial charge in [0.1, 0.15) is 11.6 Å². The van der Waals surface area contributed by atoms with Crippen LogP contribution in [0.15, 0.2) is 30.0 Å². The highest BCUT2D eigenvalue weighted by Gasteiger charge is 2.09. The van der Waals surface area contributed by atoms with E-state index in [0.29, 0.717) is 6.42 Å². The third kappa shape index (κ3) is 5.83. The maximum Gasteiger partial charge on any atom is 0.303 e. The van der Waals surface area contributed by atoms with E-state index in [9.17, 15) is 9.59 Å². The number of carbonyl (C=O) groups is 2. The topological polar surface area (TPSA) is 102 Å². The first-order valence-corrected chi connectivity index (χ1v) is 7.44. The molecule has 6 heteroatoms. The number of anilines is 1. The third-order valence-electron chi connectivity index (χ3n) is 3.32. The van der Waals surface area contributed by atoms with Gasteiger partial charge in [0.25, 0.3) is 5.91 Å². The summed E-state index contributed by atoms with van der Waals surface area (Å²) >= 11 is 0. The number of carbonyl (C=O) groups excluding carboxylic acids is 1. The van der Waals surface area contributed by atoms with Crippen LogP contribution in [0.5, 0.6) is 0 Å². The molecule has 1 rings (SSSR count). The summed E-state index contributed by atoms with van der Waals surface area (Å²) < 4.78 is 0. The monoisotopic (exact) mass is 315 g/mol. The van der Waals surface area contributed by atoms with E-state index in [1.165, 1.54) is 6.20 Å². The molecule has 0 aromatic heterocycles. The van der Waals surface area contributed by atoms with E-state index < -0.39 is 11.9 Å². The second-order valence-corrected chi connectivity index (χ2v) is 5.03. The molecule has 122 valence electrons. The van der Waals surface area contributed by atoms with Gasteiger partial charge in [-0.15, -0.1) is 0 Å². The number of nitrogens with zero attached hydrogens (tertiary/aromatic N) is 1. The van der Waals surface area contributed by atoms with Gasteiger partial charge in [0.15, 0.2) is 0 Å². The maximum atomic E-state index is 11.9. The Bertz CT molecular complexity index is 645. The zero-order valence-corrected chi connectivity index (χ0v) is 13.3. The third-order valence-corrected chi connectivity index (χ3v) is 3.32. The Morgan fingerprint density at radius 3 is 2.74 bits per heavy atom. The fourth-order valence-corrected chi connectivity index (χ4v) is 2.06. The average Bonchev–Trinajstić information content (AvgIpc) is 2.53. The highest BCUT2D eigenvalue weighted by Crippen LogP contribution is 2.21. The van der Waals surface area contributed by atoms with Gasteiger partial charge in [0, 0.05) is 24.9 Å². The molecule has 0 fully saturated rings. The Kier molecular flexibility index (Phi) is 7.34. The van der Waals surface area contributed by atoms with E-state index in [1.807, 2.05) is 38.1 Å². The molecule has 0 bridgehead atoms. The van der Waals surface area contributed by atoms with Crippen molar-refractivity contribution in [3.05, 3.63) is 41.1 Å². The van der Waals surface area contributed by atoms with Crippen LogP contribution in [0.2, 0.25) is 0 Å². The molecule has 0 heterocycles. The molecule has 3 N–H and O–H groups in total. The highest BCUT2D eigenvalue weighted by molar-refractivity contribution is 5.97. The summed E-state index contributed by atoms with van der Waals surface area (Å²) in [6, 6.07) is 7.75. The second-order valence-electron chi connectivity index (χ2n) is 5.03. The molecule has 1 amide bonds. The molecule has 1 aromatic carbocycles. The lowest BCUT2D eigenvalue weighted by Crippen LogP contribution is -2.26. The van der Waals surface area contributed by atoms with Gasteiger partial charge in [-0.3, -0.25) is 9.59 Å². The van der Waals surface area contributed by atoms with E-state index >= 15 is 0 Å². The second kappa shape index (κ2) is 9.26. The Balaban J connectivity index is 2.71. The van der Waals surface area contributed by atoms with Crippen LogP contribution in [0, 0.1) is 18.3 Å². The quantitative estimate of drug-likeness (QED) is 0.388. The SMILES string of the molecule is CCc1cccc(C)c1N/C=C(/C#N)C(=O)NCCCC(=O)O. The molecule has 0 spiro atoms. The maximum absolute atomic E-state index is 11.9. The molecule has 0 radical (unpaired) electrons. The lowest BCUT2D eigenvalue weighted by Gasteiger charge is -2.11. The Morgan fingerprint density at radius 1 is 1.39 bits per heavy atom. The van der Waals surface area contributed by atoms with Gasteiger partial charge in [-0.25, -0.2) is 0 Å². The van der Waals surface area contributed by atoms with Gasteiger partial charge in [-0.05, 0) is 30.9 Å². The number of aryl methyl sites for hydroxylation is 2. The smallest absolute Gasteiger partial charge is 0.303 e. The standard InChI is InChI=1S/C17H21N3O3/c1-3-13-7-4-6-12(2)16(13)20-11-14(10-18)17(23)19-9-5-8-15(21)22/h4,6-7,11,20H,3,5,8-9H2,1-2H3,(H,19,23)(H,21,22)/b14-11-. The minimum atomic E-state index is -0.913. The van der Waals surface area contributed by atoms with Crippen LogP contribution in [-0.4, -0.2) is 23.5 Å². The molecule has 6 nitrogen and oxygen atoms in total. The summed E-state index contributed by atoms with van der Waals surface area (Å²) in [5, 5.41) is 23.2. The van der Waals surface area contributed by atoms with Crippen LogP contribution in [0.4, 0.5) is 5.69 Å². The summed E-state index contributed by atoms with van der Waals surface area (Å²) in [6.07, 6.45) is 2.52. The van der Waals surface area contributed by atoms with Crippen molar-refractivity contribution in [1.29, 1.82) is 5.26 Å². The van der Waals surface area contributed by atoms with Crippen molar-refractivity contribution in [3.8, 4) is 6.07 Å². The van der Waals surface area contributed by atoms with Gasteiger partial charge in [-0.1, -0.05) is 25.1 Å². The zero-order valence-electron chi connectivity index (χ0n) is 13.3. The number of benzene rings is 1. The predicted octanol–water partition coefficient (Wildman–Crippen LogP) is 2.36. The molecular formula is C17H21N3O3. The molecule has 0 aliphatic heterocycles. The van der Waals surface area contributed by atoms with Crippen molar-refractivity contribution >= 4 is 17.6 Å². The first-order chi connectivity index (χ1) is 11.0. The minimum absolute atomic E-state index is 0.0206. The predicted molar refractivity (Wildman–Crippen MR) is 87.8 cm³/mol. The largest absolute Gasteiger partial charge is 0.481 e. The average molecular weight is 315 g/mol. The van der Waals surface area contributed by atoms with Crippen molar-refractivity contribution < 1.29 is 14.7 Å². The van der Waals surface area contributed by atoms with Crippen LogP contribution in [0.1, 0.15) is 30.9 Å². The number of amides is 1. The molecular weight excluding hydrogens is 294 g/mol. The van der Waals surface area contributed by atoms with Gasteiger partial charge in [0.05, 0.1) is 0 Å². The van der Waals surface area contributed by atoms with Gasteiger partial charge < -0.3 is 15.7 Å². The number of rotatable bonds is 8. The van der Waals surface area contributed by atoms with E-state index in [0.717, 1.165) is 23.2 Å². The summed E-state index contributed by atoms with van der Waals surface area (Å²) in [6.45, 7) is 4.20. The lowest BCUT2D eigenvalue weighted by molar-refractivity contribution is -0.137. The van der Waals surface area contributed by atoms with E-state index in [-0.39, 0.29) is 18.5 Å². The van der Waals surface area contributed by atoms with Crippen molar-refractivity contribution in [2.45, 2.75) is 33.1 Å². The van der Waals surface area contributed by atoms with Crippen LogP contribution >= 0.6 is 0 Å². The van der Waals surface area contributed by atoms with Gasteiger partial charge >= 0.3 is 5.97 Å². The van der Waals surface area contributed by atoms with Crippen LogP contribution in [0.3, 0.4) is 0 Å². The fraction of sp³-hybridized carbons (Fsp3) is 0.353. The number of carboxylic acid groups (broad SMARTS) is 1. The number of nitriles is 1. The Hall–Kier alpha value is -2.81. The Labute approximate surface area is 135 Å². The van der Waals surface area contributed by atoms with Crippen molar-refractivity contribution in [3.63, 3.8) is 0 Å². The van der Waals surface area contributed by atoms with Crippen LogP contribution in [-0.2, 0) is 16.0 Å². The van der Waals surface area contributed by atoms with Crippen LogP contribution in [0.25, 0.3) is 0 Å². The molecule has 0 atom stereocenters. The van der Waals surface area contributed by atoms with E-state index in [2.05, 4.69) is 10.6 Å². The summed E-state index contributed by atoms with van der Waals surface area (Å²) in [5.41, 5.74) is 2.97. The molecule has 1 aromatic rings.